The fourth-order valence-electron chi connectivity index (χ4n) is 3.47. The first-order chi connectivity index (χ1) is 16.0. The van der Waals surface area contributed by atoms with Crippen LogP contribution in [0.5, 0.6) is 5.88 Å². The van der Waals surface area contributed by atoms with Gasteiger partial charge in [-0.2, -0.15) is 0 Å². The topological polar surface area (TPSA) is 108 Å². The third kappa shape index (κ3) is 4.48. The molecule has 0 amide bonds. The molecule has 2 aromatic heterocycles. The number of ether oxygens (including phenoxy) is 1. The molecule has 0 fully saturated rings. The van der Waals surface area contributed by atoms with Crippen LogP contribution < -0.4 is 9.88 Å². The molecule has 0 unspecified atom stereocenters. The number of sulfonamides is 1. The van der Waals surface area contributed by atoms with E-state index in [0.29, 0.717) is 28.8 Å². The number of fused-ring (bicyclic) bond motifs is 1. The van der Waals surface area contributed by atoms with Crippen molar-refractivity contribution in [1.29, 1.82) is 0 Å². The first kappa shape index (κ1) is 20.9. The Labute approximate surface area is 190 Å². The van der Waals surface area contributed by atoms with Gasteiger partial charge in [0.1, 0.15) is 5.69 Å². The number of aromatic nitrogens is 2. The Balaban J connectivity index is 1.47. The van der Waals surface area contributed by atoms with Crippen LogP contribution >= 0.6 is 0 Å². The number of primary sulfonamides is 1. The van der Waals surface area contributed by atoms with Gasteiger partial charge in [0.05, 0.1) is 10.4 Å². The van der Waals surface area contributed by atoms with E-state index in [9.17, 15) is 8.42 Å². The molecule has 3 aromatic carbocycles. The number of hydrogen-bond donors (Lipinski definition) is 1. The predicted octanol–water partition coefficient (Wildman–Crippen LogP) is 4.78. The molecule has 2 N–H and O–H groups in total. The molecule has 2 heterocycles. The fourth-order valence-corrected chi connectivity index (χ4v) is 3.99. The van der Waals surface area contributed by atoms with Gasteiger partial charge in [-0.3, -0.25) is 0 Å². The molecule has 7 nitrogen and oxygen atoms in total. The summed E-state index contributed by atoms with van der Waals surface area (Å²) in [6.07, 6.45) is 0. The molecule has 0 spiro atoms. The van der Waals surface area contributed by atoms with E-state index in [1.807, 2.05) is 60.7 Å². The van der Waals surface area contributed by atoms with Gasteiger partial charge in [0.2, 0.25) is 21.8 Å². The van der Waals surface area contributed by atoms with Crippen LogP contribution in [0.3, 0.4) is 0 Å². The van der Waals surface area contributed by atoms with E-state index in [1.165, 1.54) is 12.1 Å². The first-order valence-electron chi connectivity index (χ1n) is 10.1. The van der Waals surface area contributed by atoms with E-state index in [0.717, 1.165) is 16.5 Å². The van der Waals surface area contributed by atoms with E-state index in [2.05, 4.69) is 9.97 Å². The summed E-state index contributed by atoms with van der Waals surface area (Å²) in [5.41, 5.74) is 2.95. The minimum absolute atomic E-state index is 0.0296. The third-order valence-electron chi connectivity index (χ3n) is 5.08. The zero-order valence-electron chi connectivity index (χ0n) is 17.4. The summed E-state index contributed by atoms with van der Waals surface area (Å²) in [4.78, 5) is 9.16. The molecule has 0 aliphatic heterocycles. The SMILES string of the molecule is NS(=O)(=O)c1ccc(-c2nc(COc3ccc4ccccc4n3)oc2-c2ccccc2)cc1. The number of pyridine rings is 1. The number of benzene rings is 3. The normalized spacial score (nSPS) is 11.5. The molecule has 0 bridgehead atoms. The van der Waals surface area contributed by atoms with Crippen molar-refractivity contribution in [3.05, 3.63) is 96.9 Å². The quantitative estimate of drug-likeness (QED) is 0.393. The fraction of sp³-hybridized carbons (Fsp3) is 0.0400. The minimum atomic E-state index is -3.78. The van der Waals surface area contributed by atoms with Crippen LogP contribution in [0.15, 0.2) is 100 Å². The van der Waals surface area contributed by atoms with Gasteiger partial charge < -0.3 is 9.15 Å². The Kier molecular flexibility index (Phi) is 5.37. The van der Waals surface area contributed by atoms with Crippen LogP contribution in [0.2, 0.25) is 0 Å². The van der Waals surface area contributed by atoms with E-state index >= 15 is 0 Å². The smallest absolute Gasteiger partial charge is 0.238 e. The van der Waals surface area contributed by atoms with Crippen LogP contribution in [0.1, 0.15) is 5.89 Å². The molecule has 33 heavy (non-hydrogen) atoms. The van der Waals surface area contributed by atoms with Gasteiger partial charge in [-0.05, 0) is 24.3 Å². The lowest BCUT2D eigenvalue weighted by molar-refractivity contribution is 0.256. The highest BCUT2D eigenvalue weighted by molar-refractivity contribution is 7.89. The lowest BCUT2D eigenvalue weighted by Gasteiger charge is -2.04. The van der Waals surface area contributed by atoms with Crippen LogP contribution in [0.4, 0.5) is 0 Å². The maximum absolute atomic E-state index is 11.6. The van der Waals surface area contributed by atoms with E-state index in [4.69, 9.17) is 14.3 Å². The van der Waals surface area contributed by atoms with E-state index < -0.39 is 10.0 Å². The molecule has 0 atom stereocenters. The number of para-hydroxylation sites is 1. The van der Waals surface area contributed by atoms with Gasteiger partial charge in [-0.1, -0.05) is 60.7 Å². The molecule has 8 heteroatoms. The van der Waals surface area contributed by atoms with Crippen molar-refractivity contribution in [2.75, 3.05) is 0 Å². The summed E-state index contributed by atoms with van der Waals surface area (Å²) in [6.45, 7) is 0.0838. The molecule has 0 saturated heterocycles. The Hall–Kier alpha value is -4.01. The number of rotatable bonds is 6. The summed E-state index contributed by atoms with van der Waals surface area (Å²) < 4.78 is 35.1. The third-order valence-corrected chi connectivity index (χ3v) is 6.01. The van der Waals surface area contributed by atoms with Gasteiger partial charge in [0, 0.05) is 22.6 Å². The average molecular weight is 458 g/mol. The lowest BCUT2D eigenvalue weighted by atomic mass is 10.1. The maximum atomic E-state index is 11.6. The molecular weight excluding hydrogens is 438 g/mol. The van der Waals surface area contributed by atoms with Crippen molar-refractivity contribution >= 4 is 20.9 Å². The summed E-state index contributed by atoms with van der Waals surface area (Å²) in [5, 5.41) is 6.24. The highest BCUT2D eigenvalue weighted by Crippen LogP contribution is 2.33. The molecule has 5 rings (SSSR count). The zero-order chi connectivity index (χ0) is 22.8. The molecule has 0 aliphatic carbocycles. The second kappa shape index (κ2) is 8.50. The van der Waals surface area contributed by atoms with Gasteiger partial charge in [-0.25, -0.2) is 23.5 Å². The van der Waals surface area contributed by atoms with Crippen molar-refractivity contribution in [1.82, 2.24) is 9.97 Å². The molecule has 0 radical (unpaired) electrons. The largest absolute Gasteiger partial charge is 0.468 e. The Morgan fingerprint density at radius 3 is 2.27 bits per heavy atom. The minimum Gasteiger partial charge on any atom is -0.468 e. The van der Waals surface area contributed by atoms with Crippen LogP contribution in [0, 0.1) is 0 Å². The Morgan fingerprint density at radius 2 is 1.52 bits per heavy atom. The molecule has 164 valence electrons. The van der Waals surface area contributed by atoms with Crippen molar-refractivity contribution in [3.63, 3.8) is 0 Å². The van der Waals surface area contributed by atoms with E-state index in [-0.39, 0.29) is 11.5 Å². The van der Waals surface area contributed by atoms with Crippen LogP contribution in [-0.2, 0) is 16.6 Å². The molecule has 0 saturated carbocycles. The summed E-state index contributed by atoms with van der Waals surface area (Å²) in [5.74, 6) is 1.39. The average Bonchev–Trinajstić information content (AvgIpc) is 3.27. The summed E-state index contributed by atoms with van der Waals surface area (Å²) >= 11 is 0. The first-order valence-corrected chi connectivity index (χ1v) is 11.7. The Morgan fingerprint density at radius 1 is 0.788 bits per heavy atom. The van der Waals surface area contributed by atoms with Crippen molar-refractivity contribution < 1.29 is 17.6 Å². The van der Waals surface area contributed by atoms with Crippen LogP contribution in [0.25, 0.3) is 33.5 Å². The number of nitrogens with two attached hydrogens (primary N) is 1. The molecule has 0 aliphatic rings. The second-order valence-electron chi connectivity index (χ2n) is 7.35. The monoisotopic (exact) mass is 457 g/mol. The Bertz CT molecular complexity index is 1530. The van der Waals surface area contributed by atoms with Gasteiger partial charge in [0.25, 0.3) is 0 Å². The van der Waals surface area contributed by atoms with Crippen molar-refractivity contribution in [2.45, 2.75) is 11.5 Å². The van der Waals surface area contributed by atoms with Crippen molar-refractivity contribution in [3.8, 4) is 28.5 Å². The second-order valence-corrected chi connectivity index (χ2v) is 8.91. The van der Waals surface area contributed by atoms with Gasteiger partial charge in [0.15, 0.2) is 12.4 Å². The zero-order valence-corrected chi connectivity index (χ0v) is 18.2. The number of nitrogens with zero attached hydrogens (tertiary/aromatic N) is 2. The maximum Gasteiger partial charge on any atom is 0.238 e. The number of hydrogen-bond acceptors (Lipinski definition) is 6. The summed E-state index contributed by atoms with van der Waals surface area (Å²) in [6, 6.07) is 27.3. The van der Waals surface area contributed by atoms with E-state index in [1.54, 1.807) is 18.2 Å². The van der Waals surface area contributed by atoms with Gasteiger partial charge in [-0.15, -0.1) is 0 Å². The van der Waals surface area contributed by atoms with Crippen LogP contribution in [-0.4, -0.2) is 18.4 Å². The summed E-state index contributed by atoms with van der Waals surface area (Å²) in [7, 11) is -3.78. The lowest BCUT2D eigenvalue weighted by Crippen LogP contribution is -2.11. The highest BCUT2D eigenvalue weighted by atomic mass is 32.2. The standard InChI is InChI=1S/C25H19N3O4S/c26-33(29,30)20-13-10-18(11-14-20)24-25(19-7-2-1-3-8-19)32-23(28-24)16-31-22-15-12-17-6-4-5-9-21(17)27-22/h1-15H,16H2,(H2,26,29,30). The predicted molar refractivity (Wildman–Crippen MR) is 125 cm³/mol. The van der Waals surface area contributed by atoms with Gasteiger partial charge >= 0.3 is 0 Å². The number of oxazole rings is 1. The molecule has 5 aromatic rings. The highest BCUT2D eigenvalue weighted by Gasteiger charge is 2.18. The van der Waals surface area contributed by atoms with Crippen molar-refractivity contribution in [2.24, 2.45) is 5.14 Å². The molecular formula is C25H19N3O4S.